The van der Waals surface area contributed by atoms with Gasteiger partial charge in [-0.1, -0.05) is 15.9 Å². The predicted octanol–water partition coefficient (Wildman–Crippen LogP) is 4.08. The second-order valence-corrected chi connectivity index (χ2v) is 2.98. The fourth-order valence-corrected chi connectivity index (χ4v) is 0.856. The number of halogens is 4. The summed E-state index contributed by atoms with van der Waals surface area (Å²) < 4.78 is 96.2. The van der Waals surface area contributed by atoms with E-state index in [4.69, 9.17) is 11.0 Å². The minimum atomic E-state index is -5.21. The Morgan fingerprint density at radius 1 is 1.31 bits per heavy atom. The number of alkyl halides is 3. The van der Waals surface area contributed by atoms with Gasteiger partial charge in [0, 0.05) is 12.7 Å². The Kier molecular flexibility index (Phi) is 1.01. The van der Waals surface area contributed by atoms with Crippen LogP contribution in [0.25, 0.3) is 0 Å². The molecule has 1 aromatic carbocycles. The molecule has 0 saturated carbocycles. The summed E-state index contributed by atoms with van der Waals surface area (Å²) in [6, 6.07) is -2.85. The molecule has 0 aliphatic carbocycles. The summed E-state index contributed by atoms with van der Waals surface area (Å²) in [5, 5.41) is 0. The van der Waals surface area contributed by atoms with E-state index in [0.29, 0.717) is 0 Å². The lowest BCUT2D eigenvalue weighted by Gasteiger charge is -2.10. The summed E-state index contributed by atoms with van der Waals surface area (Å²) in [7, 11) is 0. The van der Waals surface area contributed by atoms with E-state index >= 15 is 0 Å². The standard InChI is InChI=1S/C9H8BrF3/c1-5-3-7(9(11,12)13)4-6(2)8(5)10/h3-4H,1-2H3/i1D3,2D3,3D,4D. The van der Waals surface area contributed by atoms with Gasteiger partial charge in [0.05, 0.1) is 8.30 Å². The Morgan fingerprint density at radius 3 is 2.08 bits per heavy atom. The fourth-order valence-electron chi connectivity index (χ4n) is 0.658. The van der Waals surface area contributed by atoms with Crippen LogP contribution in [0.4, 0.5) is 13.2 Å². The van der Waals surface area contributed by atoms with Crippen LogP contribution in [0.5, 0.6) is 0 Å². The average Bonchev–Trinajstić information content (AvgIpc) is 2.07. The molecular formula is C9H8BrF3. The van der Waals surface area contributed by atoms with Crippen LogP contribution in [0.3, 0.4) is 0 Å². The van der Waals surface area contributed by atoms with Crippen molar-refractivity contribution < 1.29 is 24.1 Å². The summed E-state index contributed by atoms with van der Waals surface area (Å²) in [5.41, 5.74) is -4.02. The molecule has 72 valence electrons. The first-order chi connectivity index (χ1) is 9.10. The molecule has 0 radical (unpaired) electrons. The van der Waals surface area contributed by atoms with Crippen molar-refractivity contribution in [3.05, 3.63) is 33.2 Å². The van der Waals surface area contributed by atoms with E-state index in [-0.39, 0.29) is 0 Å². The molecule has 0 aliphatic heterocycles. The maximum absolute atomic E-state index is 13.0. The third-order valence-electron chi connectivity index (χ3n) is 1.22. The first kappa shape index (κ1) is 3.93. The second kappa shape index (κ2) is 3.33. The van der Waals surface area contributed by atoms with Gasteiger partial charge in [-0.15, -0.1) is 0 Å². The van der Waals surface area contributed by atoms with Crippen LogP contribution >= 0.6 is 15.9 Å². The third kappa shape index (κ3) is 2.24. The largest absolute Gasteiger partial charge is 0.416 e. The van der Waals surface area contributed by atoms with Crippen LogP contribution in [0.15, 0.2) is 16.6 Å². The highest BCUT2D eigenvalue weighted by Crippen LogP contribution is 2.33. The highest BCUT2D eigenvalue weighted by Gasteiger charge is 2.31. The van der Waals surface area contributed by atoms with Crippen LogP contribution in [0.1, 0.15) is 27.7 Å². The first-order valence-electron chi connectivity index (χ1n) is 7.01. The van der Waals surface area contributed by atoms with E-state index in [1.54, 1.807) is 0 Å². The van der Waals surface area contributed by atoms with Crippen molar-refractivity contribution in [2.45, 2.75) is 19.9 Å². The van der Waals surface area contributed by atoms with Crippen molar-refractivity contribution in [2.24, 2.45) is 0 Å². The van der Waals surface area contributed by atoms with Gasteiger partial charge >= 0.3 is 6.18 Å². The quantitative estimate of drug-likeness (QED) is 0.660. The molecule has 1 aromatic rings. The van der Waals surface area contributed by atoms with Gasteiger partial charge in [0.25, 0.3) is 0 Å². The van der Waals surface area contributed by atoms with Crippen molar-refractivity contribution in [3.63, 3.8) is 0 Å². The smallest absolute Gasteiger partial charge is 0.166 e. The Balaban J connectivity index is 4.04. The Labute approximate surface area is 94.1 Å². The van der Waals surface area contributed by atoms with Crippen LogP contribution in [-0.2, 0) is 6.18 Å². The van der Waals surface area contributed by atoms with Gasteiger partial charge in [0.15, 0.2) is 0 Å². The summed E-state index contributed by atoms with van der Waals surface area (Å²) in [4.78, 5) is 0. The highest BCUT2D eigenvalue weighted by atomic mass is 79.9. The van der Waals surface area contributed by atoms with Crippen LogP contribution < -0.4 is 0 Å². The van der Waals surface area contributed by atoms with Gasteiger partial charge in [-0.3, -0.25) is 0 Å². The lowest BCUT2D eigenvalue weighted by molar-refractivity contribution is -0.137. The predicted molar refractivity (Wildman–Crippen MR) is 48.6 cm³/mol. The second-order valence-electron chi connectivity index (χ2n) is 2.19. The number of benzene rings is 1. The van der Waals surface area contributed by atoms with E-state index in [1.165, 1.54) is 0 Å². The molecule has 0 aromatic heterocycles. The Bertz CT molecular complexity index is 470. The zero-order chi connectivity index (χ0) is 17.0. The SMILES string of the molecule is [2H]c1c(C([2H])([2H])[2H])c(Br)c(C([2H])([2H])[2H])c([2H])c1C(F)(F)F. The zero-order valence-corrected chi connectivity index (χ0v) is 7.60. The molecule has 0 amide bonds. The molecule has 0 fully saturated rings. The van der Waals surface area contributed by atoms with Crippen molar-refractivity contribution in [1.29, 1.82) is 0 Å². The van der Waals surface area contributed by atoms with Crippen molar-refractivity contribution in [3.8, 4) is 0 Å². The molecule has 13 heavy (non-hydrogen) atoms. The van der Waals surface area contributed by atoms with Crippen molar-refractivity contribution in [1.82, 2.24) is 0 Å². The molecular weight excluding hydrogens is 245 g/mol. The fraction of sp³-hybridized carbons (Fsp3) is 0.333. The monoisotopic (exact) mass is 260 g/mol. The minimum Gasteiger partial charge on any atom is -0.166 e. The molecule has 0 saturated heterocycles. The summed E-state index contributed by atoms with van der Waals surface area (Å²) in [6.45, 7) is -6.27. The summed E-state index contributed by atoms with van der Waals surface area (Å²) in [6.07, 6.45) is -5.21. The Morgan fingerprint density at radius 2 is 1.77 bits per heavy atom. The normalized spacial score (nSPS) is 22.8. The van der Waals surface area contributed by atoms with Crippen molar-refractivity contribution >= 4 is 15.9 Å². The van der Waals surface area contributed by atoms with Gasteiger partial charge in [-0.2, -0.15) is 13.2 Å². The van der Waals surface area contributed by atoms with E-state index in [0.717, 1.165) is 0 Å². The number of hydrogen-bond acceptors (Lipinski definition) is 0. The maximum atomic E-state index is 13.0. The lowest BCUT2D eigenvalue weighted by Crippen LogP contribution is -2.05. The molecule has 0 heterocycles. The van der Waals surface area contributed by atoms with Gasteiger partial charge in [0.1, 0.15) is 0 Å². The van der Waals surface area contributed by atoms with Crippen molar-refractivity contribution in [2.75, 3.05) is 0 Å². The lowest BCUT2D eigenvalue weighted by atomic mass is 10.1. The van der Waals surface area contributed by atoms with Gasteiger partial charge in [0.2, 0.25) is 0 Å². The molecule has 1 rings (SSSR count). The Hall–Kier alpha value is -0.510. The topological polar surface area (TPSA) is 0 Å². The average molecular weight is 261 g/mol. The maximum Gasteiger partial charge on any atom is 0.416 e. The van der Waals surface area contributed by atoms with E-state index in [2.05, 4.69) is 15.9 Å². The molecule has 0 bridgehead atoms. The van der Waals surface area contributed by atoms with E-state index in [9.17, 15) is 13.2 Å². The number of rotatable bonds is 0. The van der Waals surface area contributed by atoms with Crippen LogP contribution in [0, 0.1) is 13.7 Å². The van der Waals surface area contributed by atoms with Gasteiger partial charge in [-0.25, -0.2) is 0 Å². The van der Waals surface area contributed by atoms with E-state index in [1.807, 2.05) is 0 Å². The highest BCUT2D eigenvalue weighted by molar-refractivity contribution is 9.10. The molecule has 0 unspecified atom stereocenters. The summed E-state index contributed by atoms with van der Waals surface area (Å²) >= 11 is 2.63. The van der Waals surface area contributed by atoms with Crippen LogP contribution in [-0.4, -0.2) is 0 Å². The molecule has 0 spiro atoms. The molecule has 0 N–H and O–H groups in total. The van der Waals surface area contributed by atoms with Crippen LogP contribution in [0.2, 0.25) is 0 Å². The van der Waals surface area contributed by atoms with E-state index < -0.39 is 53.1 Å². The molecule has 0 atom stereocenters. The molecule has 0 nitrogen and oxygen atoms in total. The van der Waals surface area contributed by atoms with Gasteiger partial charge in [-0.05, 0) is 36.9 Å². The van der Waals surface area contributed by atoms with Gasteiger partial charge < -0.3 is 0 Å². The third-order valence-corrected chi connectivity index (χ3v) is 2.02. The zero-order valence-electron chi connectivity index (χ0n) is 14.0. The summed E-state index contributed by atoms with van der Waals surface area (Å²) in [5.74, 6) is 0. The molecule has 4 heteroatoms. The molecule has 0 aliphatic rings. The minimum absolute atomic E-state index is 0.689. The number of hydrogen-bond donors (Lipinski definition) is 0. The first-order valence-corrected chi connectivity index (χ1v) is 3.80.